The molecule has 2 aromatic carbocycles. The zero-order chi connectivity index (χ0) is 26.5. The molecular weight excluding hydrogens is 580 g/mol. The van der Waals surface area contributed by atoms with E-state index in [1.165, 1.54) is 7.11 Å². The molecule has 11 heteroatoms. The quantitative estimate of drug-likeness (QED) is 0.203. The van der Waals surface area contributed by atoms with Crippen molar-refractivity contribution in [1.29, 1.82) is 0 Å². The summed E-state index contributed by atoms with van der Waals surface area (Å²) >= 11 is 11.2. The number of ether oxygens (including phenoxy) is 3. The number of aromatic nitrogens is 3. The molecule has 37 heavy (non-hydrogen) atoms. The molecule has 1 aromatic heterocycles. The molecule has 196 valence electrons. The second-order valence-corrected chi connectivity index (χ2v) is 10.6. The van der Waals surface area contributed by atoms with Crippen molar-refractivity contribution in [3.05, 3.63) is 68.3 Å². The smallest absolute Gasteiger partial charge is 0.338 e. The molecule has 0 bridgehead atoms. The molecule has 0 radical (unpaired) electrons. The lowest BCUT2D eigenvalue weighted by molar-refractivity contribution is -0.136. The number of rotatable bonds is 10. The molecule has 0 spiro atoms. The van der Waals surface area contributed by atoms with Crippen LogP contribution >= 0.6 is 39.3 Å². The number of allylic oxidation sites excluding steroid dienone is 1. The lowest BCUT2D eigenvalue weighted by Crippen LogP contribution is -2.29. The number of thioether (sulfide) groups is 1. The highest BCUT2D eigenvalue weighted by Crippen LogP contribution is 2.43. The summed E-state index contributed by atoms with van der Waals surface area (Å²) in [5.74, 6) is 2.11. The van der Waals surface area contributed by atoms with Gasteiger partial charge in [-0.3, -0.25) is 0 Å². The molecule has 1 aliphatic heterocycles. The standard InChI is InChI=1S/C26H28BrClN4O4S/c1-5-11-37-26-30-25-29-15(3)21(24(33)34-4)22(32(25)31-26)17-12-19(27)23(20(13-17)35-6-2)36-14-16-7-9-18(28)10-8-16/h7-10,12-13,22H,5-6,11,14H2,1-4H3,(H,29,30,31). The van der Waals surface area contributed by atoms with E-state index in [-0.39, 0.29) is 0 Å². The topological polar surface area (TPSA) is 87.5 Å². The number of hydrogen-bond acceptors (Lipinski definition) is 8. The summed E-state index contributed by atoms with van der Waals surface area (Å²) in [5.41, 5.74) is 2.84. The Morgan fingerprint density at radius 3 is 2.65 bits per heavy atom. The predicted molar refractivity (Wildman–Crippen MR) is 149 cm³/mol. The van der Waals surface area contributed by atoms with Gasteiger partial charge in [0.25, 0.3) is 0 Å². The van der Waals surface area contributed by atoms with E-state index in [9.17, 15) is 4.79 Å². The average Bonchev–Trinajstić information content (AvgIpc) is 3.29. The van der Waals surface area contributed by atoms with E-state index in [4.69, 9.17) is 30.9 Å². The Balaban J connectivity index is 1.76. The van der Waals surface area contributed by atoms with Crippen molar-refractivity contribution in [3.63, 3.8) is 0 Å². The van der Waals surface area contributed by atoms with Crippen LogP contribution in [0.3, 0.4) is 0 Å². The van der Waals surface area contributed by atoms with Crippen LogP contribution in [0.5, 0.6) is 11.5 Å². The van der Waals surface area contributed by atoms with Gasteiger partial charge in [0.15, 0.2) is 11.5 Å². The first-order chi connectivity index (χ1) is 17.9. The van der Waals surface area contributed by atoms with E-state index in [1.807, 2.05) is 50.2 Å². The second kappa shape index (κ2) is 12.2. The summed E-state index contributed by atoms with van der Waals surface area (Å²) in [6.45, 7) is 6.61. The van der Waals surface area contributed by atoms with Gasteiger partial charge in [0.1, 0.15) is 12.6 Å². The number of methoxy groups -OCH3 is 1. The number of carbonyl (C=O) groups excluding carboxylic acids is 1. The first-order valence-electron chi connectivity index (χ1n) is 11.8. The van der Waals surface area contributed by atoms with Gasteiger partial charge in [-0.25, -0.2) is 9.48 Å². The van der Waals surface area contributed by atoms with Crippen molar-refractivity contribution in [3.8, 4) is 11.5 Å². The monoisotopic (exact) mass is 606 g/mol. The van der Waals surface area contributed by atoms with Crippen LogP contribution in [-0.4, -0.2) is 40.2 Å². The normalized spacial score (nSPS) is 14.7. The number of nitrogens with zero attached hydrogens (tertiary/aromatic N) is 3. The molecular formula is C26H28BrClN4O4S. The summed E-state index contributed by atoms with van der Waals surface area (Å²) in [6.07, 6.45) is 0.998. The van der Waals surface area contributed by atoms with Gasteiger partial charge in [0.05, 0.1) is 23.8 Å². The molecule has 1 unspecified atom stereocenters. The number of benzene rings is 2. The SMILES string of the molecule is CCCSc1nc2n(n1)C(c1cc(Br)c(OCc3ccc(Cl)cc3)c(OCC)c1)C(C(=O)OC)=C(C)N2. The largest absolute Gasteiger partial charge is 0.490 e. The van der Waals surface area contributed by atoms with Crippen molar-refractivity contribution in [2.45, 2.75) is 45.0 Å². The Morgan fingerprint density at radius 1 is 1.22 bits per heavy atom. The molecule has 0 amide bonds. The van der Waals surface area contributed by atoms with Gasteiger partial charge in [-0.05, 0) is 71.6 Å². The molecule has 1 N–H and O–H groups in total. The molecule has 0 saturated heterocycles. The minimum absolute atomic E-state index is 0.334. The third-order valence-corrected chi connectivity index (χ3v) is 7.50. The van der Waals surface area contributed by atoms with Crippen LogP contribution in [0.1, 0.15) is 44.4 Å². The number of carbonyl (C=O) groups is 1. The maximum Gasteiger partial charge on any atom is 0.338 e. The molecule has 1 aliphatic rings. The highest BCUT2D eigenvalue weighted by molar-refractivity contribution is 9.10. The molecule has 2 heterocycles. The summed E-state index contributed by atoms with van der Waals surface area (Å²) in [6, 6.07) is 10.7. The van der Waals surface area contributed by atoms with Crippen molar-refractivity contribution in [2.24, 2.45) is 0 Å². The van der Waals surface area contributed by atoms with Crippen molar-refractivity contribution in [1.82, 2.24) is 14.8 Å². The number of halogens is 2. The van der Waals surface area contributed by atoms with Gasteiger partial charge in [-0.15, -0.1) is 5.10 Å². The summed E-state index contributed by atoms with van der Waals surface area (Å²) < 4.78 is 19.7. The second-order valence-electron chi connectivity index (χ2n) is 8.25. The molecule has 4 rings (SSSR count). The van der Waals surface area contributed by atoms with Gasteiger partial charge in [-0.1, -0.05) is 42.4 Å². The van der Waals surface area contributed by atoms with Crippen LogP contribution in [-0.2, 0) is 16.1 Å². The third kappa shape index (κ3) is 6.08. The van der Waals surface area contributed by atoms with Gasteiger partial charge in [0.2, 0.25) is 11.1 Å². The molecule has 0 aliphatic carbocycles. The van der Waals surface area contributed by atoms with E-state index < -0.39 is 12.0 Å². The zero-order valence-corrected chi connectivity index (χ0v) is 24.2. The van der Waals surface area contributed by atoms with Crippen LogP contribution in [0.25, 0.3) is 0 Å². The first-order valence-corrected chi connectivity index (χ1v) is 14.0. The first kappa shape index (κ1) is 27.3. The summed E-state index contributed by atoms with van der Waals surface area (Å²) in [7, 11) is 1.37. The average molecular weight is 608 g/mol. The summed E-state index contributed by atoms with van der Waals surface area (Å²) in [5, 5.41) is 9.24. The number of fused-ring (bicyclic) bond motifs is 1. The Bertz CT molecular complexity index is 1310. The van der Waals surface area contributed by atoms with Gasteiger partial charge in [-0.2, -0.15) is 4.98 Å². The minimum atomic E-state index is -0.576. The Morgan fingerprint density at radius 2 is 1.97 bits per heavy atom. The molecule has 0 fully saturated rings. The van der Waals surface area contributed by atoms with Crippen molar-refractivity contribution >= 4 is 51.2 Å². The van der Waals surface area contributed by atoms with Gasteiger partial charge in [0, 0.05) is 16.5 Å². The van der Waals surface area contributed by atoms with Crippen molar-refractivity contribution < 1.29 is 19.0 Å². The number of anilines is 1. The highest BCUT2D eigenvalue weighted by atomic mass is 79.9. The fourth-order valence-electron chi connectivity index (χ4n) is 3.95. The number of nitrogens with one attached hydrogen (secondary N) is 1. The Hall–Kier alpha value is -2.69. The minimum Gasteiger partial charge on any atom is -0.490 e. The van der Waals surface area contributed by atoms with E-state index >= 15 is 0 Å². The molecule has 3 aromatic rings. The molecule has 1 atom stereocenters. The lowest BCUT2D eigenvalue weighted by atomic mass is 9.95. The van der Waals surface area contributed by atoms with Crippen LogP contribution in [0, 0.1) is 0 Å². The van der Waals surface area contributed by atoms with E-state index in [0.717, 1.165) is 23.3 Å². The zero-order valence-electron chi connectivity index (χ0n) is 21.0. The maximum absolute atomic E-state index is 12.9. The van der Waals surface area contributed by atoms with E-state index in [0.29, 0.717) is 56.6 Å². The van der Waals surface area contributed by atoms with Crippen LogP contribution in [0.15, 0.2) is 57.3 Å². The number of esters is 1. The fraction of sp³-hybridized carbons (Fsp3) is 0.346. The van der Waals surface area contributed by atoms with Crippen LogP contribution in [0.2, 0.25) is 5.02 Å². The lowest BCUT2D eigenvalue weighted by Gasteiger charge is -2.28. The molecule has 8 nitrogen and oxygen atoms in total. The van der Waals surface area contributed by atoms with E-state index in [2.05, 4.69) is 33.2 Å². The third-order valence-electron chi connectivity index (χ3n) is 5.62. The predicted octanol–water partition coefficient (Wildman–Crippen LogP) is 6.64. The Kier molecular flexibility index (Phi) is 9.04. The molecule has 0 saturated carbocycles. The number of hydrogen-bond donors (Lipinski definition) is 1. The van der Waals surface area contributed by atoms with Crippen molar-refractivity contribution in [2.75, 3.05) is 24.8 Å². The maximum atomic E-state index is 12.9. The fourth-order valence-corrected chi connectivity index (χ4v) is 5.34. The Labute approximate surface area is 233 Å². The van der Waals surface area contributed by atoms with E-state index in [1.54, 1.807) is 16.4 Å². The summed E-state index contributed by atoms with van der Waals surface area (Å²) in [4.78, 5) is 17.6. The highest BCUT2D eigenvalue weighted by Gasteiger charge is 2.36. The van der Waals surface area contributed by atoms with Gasteiger partial charge < -0.3 is 19.5 Å². The van der Waals surface area contributed by atoms with Gasteiger partial charge >= 0.3 is 5.97 Å². The van der Waals surface area contributed by atoms with Crippen LogP contribution < -0.4 is 14.8 Å². The van der Waals surface area contributed by atoms with Crippen LogP contribution in [0.4, 0.5) is 5.95 Å².